The maximum Gasteiger partial charge on any atom is 0.203 e. The molecule has 0 bridgehead atoms. The maximum atomic E-state index is 5.63. The first-order valence-electron chi connectivity index (χ1n) is 8.57. The molecule has 0 saturated heterocycles. The standard InChI is InChI=1S/C20H26N2O4S/c1-13(2)26-16-8-6-15(7-9-16)22-20(27)21-12-14-10-17(23-3)19(25-5)18(11-14)24-4/h6-11,13H,12H2,1-5H3,(H2,21,22,27). The van der Waals surface area contributed by atoms with Crippen molar-refractivity contribution in [3.63, 3.8) is 0 Å². The Morgan fingerprint density at radius 2 is 1.56 bits per heavy atom. The molecule has 6 nitrogen and oxygen atoms in total. The van der Waals surface area contributed by atoms with E-state index in [1.807, 2.05) is 50.2 Å². The van der Waals surface area contributed by atoms with Crippen LogP contribution in [0.1, 0.15) is 19.4 Å². The summed E-state index contributed by atoms with van der Waals surface area (Å²) in [7, 11) is 4.76. The number of thiocarbonyl (C=S) groups is 1. The highest BCUT2D eigenvalue weighted by Gasteiger charge is 2.13. The average molecular weight is 391 g/mol. The Balaban J connectivity index is 1.97. The van der Waals surface area contributed by atoms with Crippen LogP contribution in [0.25, 0.3) is 0 Å². The molecular weight excluding hydrogens is 364 g/mol. The summed E-state index contributed by atoms with van der Waals surface area (Å²) in [4.78, 5) is 0. The van der Waals surface area contributed by atoms with Crippen LogP contribution in [0.5, 0.6) is 23.0 Å². The molecule has 7 heteroatoms. The molecule has 2 aromatic carbocycles. The van der Waals surface area contributed by atoms with Gasteiger partial charge in [0.2, 0.25) is 5.75 Å². The molecule has 0 aliphatic heterocycles. The fraction of sp³-hybridized carbons (Fsp3) is 0.350. The summed E-state index contributed by atoms with van der Waals surface area (Å²) in [6.45, 7) is 4.50. The number of hydrogen-bond acceptors (Lipinski definition) is 5. The van der Waals surface area contributed by atoms with Crippen molar-refractivity contribution in [2.45, 2.75) is 26.5 Å². The highest BCUT2D eigenvalue weighted by atomic mass is 32.1. The average Bonchev–Trinajstić information content (AvgIpc) is 2.66. The zero-order valence-electron chi connectivity index (χ0n) is 16.3. The molecule has 2 N–H and O–H groups in total. The Morgan fingerprint density at radius 1 is 0.963 bits per heavy atom. The summed E-state index contributed by atoms with van der Waals surface area (Å²) in [5.41, 5.74) is 1.84. The van der Waals surface area contributed by atoms with Gasteiger partial charge in [-0.1, -0.05) is 0 Å². The van der Waals surface area contributed by atoms with Gasteiger partial charge in [-0.15, -0.1) is 0 Å². The predicted octanol–water partition coefficient (Wildman–Crippen LogP) is 3.99. The zero-order chi connectivity index (χ0) is 19.8. The first-order valence-corrected chi connectivity index (χ1v) is 8.98. The van der Waals surface area contributed by atoms with Crippen molar-refractivity contribution in [1.29, 1.82) is 0 Å². The van der Waals surface area contributed by atoms with Crippen LogP contribution in [0.15, 0.2) is 36.4 Å². The number of rotatable bonds is 8. The van der Waals surface area contributed by atoms with Crippen LogP contribution in [0.2, 0.25) is 0 Å². The third-order valence-corrected chi connectivity index (χ3v) is 3.91. The van der Waals surface area contributed by atoms with E-state index in [4.69, 9.17) is 31.2 Å². The Bertz CT molecular complexity index is 738. The highest BCUT2D eigenvalue weighted by Crippen LogP contribution is 2.38. The van der Waals surface area contributed by atoms with Gasteiger partial charge in [0.15, 0.2) is 16.6 Å². The third-order valence-electron chi connectivity index (χ3n) is 3.66. The van der Waals surface area contributed by atoms with Gasteiger partial charge in [-0.2, -0.15) is 0 Å². The summed E-state index contributed by atoms with van der Waals surface area (Å²) in [5, 5.41) is 6.84. The minimum absolute atomic E-state index is 0.144. The molecule has 2 rings (SSSR count). The summed E-state index contributed by atoms with van der Waals surface area (Å²) < 4.78 is 21.7. The van der Waals surface area contributed by atoms with Gasteiger partial charge >= 0.3 is 0 Å². The quantitative estimate of drug-likeness (QED) is 0.661. The van der Waals surface area contributed by atoms with Crippen LogP contribution in [0.3, 0.4) is 0 Å². The molecule has 146 valence electrons. The molecule has 0 unspecified atom stereocenters. The first-order chi connectivity index (χ1) is 13.0. The third kappa shape index (κ3) is 5.92. The molecule has 0 fully saturated rings. The molecule has 0 spiro atoms. The molecule has 0 saturated carbocycles. The maximum absolute atomic E-state index is 5.63. The summed E-state index contributed by atoms with van der Waals surface area (Å²) in [6, 6.07) is 11.4. The van der Waals surface area contributed by atoms with Crippen molar-refractivity contribution in [1.82, 2.24) is 5.32 Å². The summed E-state index contributed by atoms with van der Waals surface area (Å²) in [6.07, 6.45) is 0.144. The Morgan fingerprint density at radius 3 is 2.04 bits per heavy atom. The van der Waals surface area contributed by atoms with Gasteiger partial charge in [-0.25, -0.2) is 0 Å². The number of benzene rings is 2. The molecule has 27 heavy (non-hydrogen) atoms. The van der Waals surface area contributed by atoms with Crippen LogP contribution >= 0.6 is 12.2 Å². The lowest BCUT2D eigenvalue weighted by Crippen LogP contribution is -2.27. The Labute approximate surface area is 165 Å². The number of anilines is 1. The van der Waals surface area contributed by atoms with Gasteiger partial charge < -0.3 is 29.6 Å². The van der Waals surface area contributed by atoms with Crippen LogP contribution in [-0.2, 0) is 6.54 Å². The van der Waals surface area contributed by atoms with Crippen molar-refractivity contribution in [3.8, 4) is 23.0 Å². The van der Waals surface area contributed by atoms with Crippen molar-refractivity contribution in [2.75, 3.05) is 26.6 Å². The molecule has 0 radical (unpaired) electrons. The van der Waals surface area contributed by atoms with Crippen LogP contribution in [0.4, 0.5) is 5.69 Å². The molecule has 0 heterocycles. The Kier molecular flexibility index (Phi) is 7.55. The van der Waals surface area contributed by atoms with E-state index in [-0.39, 0.29) is 6.10 Å². The predicted molar refractivity (Wildman–Crippen MR) is 111 cm³/mol. The fourth-order valence-electron chi connectivity index (χ4n) is 2.48. The molecule has 0 atom stereocenters. The van der Waals surface area contributed by atoms with Crippen molar-refractivity contribution < 1.29 is 18.9 Å². The fourth-order valence-corrected chi connectivity index (χ4v) is 2.67. The summed E-state index contributed by atoms with van der Waals surface area (Å²) in [5.74, 6) is 2.60. The van der Waals surface area contributed by atoms with E-state index >= 15 is 0 Å². The molecule has 2 aromatic rings. The molecular formula is C20H26N2O4S. The van der Waals surface area contributed by atoms with Crippen LogP contribution < -0.4 is 29.6 Å². The van der Waals surface area contributed by atoms with E-state index in [9.17, 15) is 0 Å². The lowest BCUT2D eigenvalue weighted by molar-refractivity contribution is 0.242. The van der Waals surface area contributed by atoms with Crippen molar-refractivity contribution >= 4 is 23.0 Å². The van der Waals surface area contributed by atoms with Crippen LogP contribution in [0, 0.1) is 0 Å². The lowest BCUT2D eigenvalue weighted by Gasteiger charge is -2.15. The second-order valence-corrected chi connectivity index (χ2v) is 6.44. The molecule has 0 aromatic heterocycles. The number of ether oxygens (including phenoxy) is 4. The van der Waals surface area contributed by atoms with Crippen LogP contribution in [-0.4, -0.2) is 32.5 Å². The normalized spacial score (nSPS) is 10.3. The van der Waals surface area contributed by atoms with E-state index in [1.165, 1.54) is 0 Å². The van der Waals surface area contributed by atoms with Gasteiger partial charge in [0.05, 0.1) is 27.4 Å². The zero-order valence-corrected chi connectivity index (χ0v) is 17.1. The van der Waals surface area contributed by atoms with Gasteiger partial charge in [-0.3, -0.25) is 0 Å². The van der Waals surface area contributed by atoms with Crippen molar-refractivity contribution in [3.05, 3.63) is 42.0 Å². The monoisotopic (exact) mass is 390 g/mol. The van der Waals surface area contributed by atoms with E-state index in [0.717, 1.165) is 17.0 Å². The minimum atomic E-state index is 0.144. The van der Waals surface area contributed by atoms with E-state index < -0.39 is 0 Å². The Hall–Kier alpha value is -2.67. The largest absolute Gasteiger partial charge is 0.493 e. The highest BCUT2D eigenvalue weighted by molar-refractivity contribution is 7.80. The molecule has 0 aliphatic carbocycles. The number of nitrogens with one attached hydrogen (secondary N) is 2. The topological polar surface area (TPSA) is 61.0 Å². The van der Waals surface area contributed by atoms with E-state index in [2.05, 4.69) is 10.6 Å². The van der Waals surface area contributed by atoms with Gasteiger partial charge in [0, 0.05) is 12.2 Å². The van der Waals surface area contributed by atoms with E-state index in [0.29, 0.717) is 28.9 Å². The van der Waals surface area contributed by atoms with Gasteiger partial charge in [-0.05, 0) is 68.0 Å². The van der Waals surface area contributed by atoms with Gasteiger partial charge in [0.1, 0.15) is 5.75 Å². The van der Waals surface area contributed by atoms with Crippen molar-refractivity contribution in [2.24, 2.45) is 0 Å². The second-order valence-electron chi connectivity index (χ2n) is 6.03. The molecule has 0 aliphatic rings. The van der Waals surface area contributed by atoms with Gasteiger partial charge in [0.25, 0.3) is 0 Å². The summed E-state index contributed by atoms with van der Waals surface area (Å²) >= 11 is 5.37. The first kappa shape index (κ1) is 20.6. The smallest absolute Gasteiger partial charge is 0.203 e. The SMILES string of the molecule is COc1cc(CNC(=S)Nc2ccc(OC(C)C)cc2)cc(OC)c1OC. The second kappa shape index (κ2) is 9.87. The number of hydrogen-bond donors (Lipinski definition) is 2. The number of methoxy groups -OCH3 is 3. The molecule has 0 amide bonds. The van der Waals surface area contributed by atoms with E-state index in [1.54, 1.807) is 21.3 Å². The minimum Gasteiger partial charge on any atom is -0.493 e. The lowest BCUT2D eigenvalue weighted by atomic mass is 10.2.